The third kappa shape index (κ3) is 4.09. The standard InChI is InChI=1S/C23H30N6O2/c1-27-21-5-3-2-4-19(21)20(26-27)14-28-13-18(30)11-23(15-28)6-8-29(9-7-23)22(31)10-17-12-24-16-25-17/h2-5,12,16,18,30H,6-11,13-15H2,1H3,(H,24,25). The summed E-state index contributed by atoms with van der Waals surface area (Å²) in [5, 5.41) is 16.6. The topological polar surface area (TPSA) is 90.3 Å². The van der Waals surface area contributed by atoms with Crippen LogP contribution in [0.2, 0.25) is 0 Å². The lowest BCUT2D eigenvalue weighted by molar-refractivity contribution is -0.134. The molecule has 1 spiro atoms. The van der Waals surface area contributed by atoms with E-state index in [1.807, 2.05) is 22.7 Å². The molecule has 0 bridgehead atoms. The molecular formula is C23H30N6O2. The van der Waals surface area contributed by atoms with E-state index in [4.69, 9.17) is 5.10 Å². The summed E-state index contributed by atoms with van der Waals surface area (Å²) in [6.45, 7) is 3.86. The van der Waals surface area contributed by atoms with Gasteiger partial charge in [-0.25, -0.2) is 4.98 Å². The Morgan fingerprint density at radius 3 is 2.87 bits per heavy atom. The number of H-pyrrole nitrogens is 1. The van der Waals surface area contributed by atoms with Gasteiger partial charge in [0.2, 0.25) is 5.91 Å². The summed E-state index contributed by atoms with van der Waals surface area (Å²) in [4.78, 5) is 24.0. The van der Waals surface area contributed by atoms with Crippen molar-refractivity contribution in [3.63, 3.8) is 0 Å². The van der Waals surface area contributed by atoms with Gasteiger partial charge >= 0.3 is 0 Å². The van der Waals surface area contributed by atoms with E-state index in [-0.39, 0.29) is 17.4 Å². The number of β-amino-alcohol motifs (C(OH)–C–C–N with tert-alkyl or cyclic N) is 1. The van der Waals surface area contributed by atoms with Crippen LogP contribution < -0.4 is 0 Å². The minimum atomic E-state index is -0.337. The smallest absolute Gasteiger partial charge is 0.228 e. The highest BCUT2D eigenvalue weighted by molar-refractivity contribution is 5.81. The van der Waals surface area contributed by atoms with Gasteiger partial charge in [0.25, 0.3) is 0 Å². The molecule has 5 rings (SSSR count). The first kappa shape index (κ1) is 20.2. The average molecular weight is 423 g/mol. The molecule has 8 heteroatoms. The number of rotatable bonds is 4. The van der Waals surface area contributed by atoms with Crippen molar-refractivity contribution in [1.82, 2.24) is 29.5 Å². The summed E-state index contributed by atoms with van der Waals surface area (Å²) in [7, 11) is 1.98. The molecular weight excluding hydrogens is 392 g/mol. The molecule has 8 nitrogen and oxygen atoms in total. The van der Waals surface area contributed by atoms with Crippen LogP contribution in [0, 0.1) is 5.41 Å². The van der Waals surface area contributed by atoms with E-state index < -0.39 is 0 Å². The van der Waals surface area contributed by atoms with Gasteiger partial charge in [-0.15, -0.1) is 0 Å². The van der Waals surface area contributed by atoms with Gasteiger partial charge in [-0.2, -0.15) is 5.10 Å². The quantitative estimate of drug-likeness (QED) is 0.668. The van der Waals surface area contributed by atoms with Crippen molar-refractivity contribution >= 4 is 16.8 Å². The van der Waals surface area contributed by atoms with Crippen molar-refractivity contribution in [3.05, 3.63) is 48.2 Å². The number of amides is 1. The largest absolute Gasteiger partial charge is 0.392 e. The number of para-hydroxylation sites is 1. The first-order chi connectivity index (χ1) is 15.0. The second-order valence-electron chi connectivity index (χ2n) is 9.25. The lowest BCUT2D eigenvalue weighted by atomic mass is 9.71. The number of aromatic nitrogens is 4. The number of likely N-dealkylation sites (tertiary alicyclic amines) is 2. The van der Waals surface area contributed by atoms with Gasteiger partial charge < -0.3 is 15.0 Å². The van der Waals surface area contributed by atoms with Crippen molar-refractivity contribution in [1.29, 1.82) is 0 Å². The minimum Gasteiger partial charge on any atom is -0.392 e. The third-order valence-corrected chi connectivity index (χ3v) is 6.98. The molecule has 1 unspecified atom stereocenters. The predicted molar refractivity (Wildman–Crippen MR) is 117 cm³/mol. The van der Waals surface area contributed by atoms with E-state index in [1.165, 1.54) is 5.39 Å². The zero-order chi connectivity index (χ0) is 21.4. The third-order valence-electron chi connectivity index (χ3n) is 6.98. The van der Waals surface area contributed by atoms with E-state index >= 15 is 0 Å². The van der Waals surface area contributed by atoms with Crippen molar-refractivity contribution in [3.8, 4) is 0 Å². The molecule has 164 valence electrons. The minimum absolute atomic E-state index is 0.0625. The highest BCUT2D eigenvalue weighted by atomic mass is 16.3. The van der Waals surface area contributed by atoms with E-state index in [9.17, 15) is 9.90 Å². The number of imidazole rings is 1. The maximum atomic E-state index is 12.6. The second-order valence-corrected chi connectivity index (χ2v) is 9.25. The number of nitrogens with one attached hydrogen (secondary N) is 1. The number of nitrogens with zero attached hydrogens (tertiary/aromatic N) is 5. The van der Waals surface area contributed by atoms with Gasteiger partial charge in [-0.3, -0.25) is 14.4 Å². The van der Waals surface area contributed by atoms with Crippen molar-refractivity contribution < 1.29 is 9.90 Å². The molecule has 1 aromatic carbocycles. The molecule has 2 N–H and O–H groups in total. The number of aryl methyl sites for hydroxylation is 1. The first-order valence-electron chi connectivity index (χ1n) is 11.1. The molecule has 2 aliphatic rings. The van der Waals surface area contributed by atoms with Crippen LogP contribution in [0.1, 0.15) is 30.7 Å². The Morgan fingerprint density at radius 2 is 2.10 bits per heavy atom. The molecule has 2 aromatic heterocycles. The number of aliphatic hydroxyl groups is 1. The van der Waals surface area contributed by atoms with Gasteiger partial charge in [0, 0.05) is 57.0 Å². The number of fused-ring (bicyclic) bond motifs is 1. The summed E-state index contributed by atoms with van der Waals surface area (Å²) in [6.07, 6.45) is 6.02. The van der Waals surface area contributed by atoms with E-state index in [2.05, 4.69) is 33.1 Å². The number of carbonyl (C=O) groups excluding carboxylic acids is 1. The van der Waals surface area contributed by atoms with Crippen LogP contribution in [0.3, 0.4) is 0 Å². The average Bonchev–Trinajstić information content (AvgIpc) is 3.36. The van der Waals surface area contributed by atoms with Gasteiger partial charge in [0.1, 0.15) is 0 Å². The maximum Gasteiger partial charge on any atom is 0.228 e. The number of carbonyl (C=O) groups is 1. The lowest BCUT2D eigenvalue weighted by Gasteiger charge is -2.49. The van der Waals surface area contributed by atoms with Gasteiger partial charge in [-0.1, -0.05) is 18.2 Å². The number of benzene rings is 1. The van der Waals surface area contributed by atoms with Gasteiger partial charge in [-0.05, 0) is 30.7 Å². The Bertz CT molecular complexity index is 1050. The molecule has 0 radical (unpaired) electrons. The Balaban J connectivity index is 1.25. The summed E-state index contributed by atoms with van der Waals surface area (Å²) in [5.74, 6) is 0.146. The highest BCUT2D eigenvalue weighted by Gasteiger charge is 2.42. The summed E-state index contributed by atoms with van der Waals surface area (Å²) >= 11 is 0. The number of piperidine rings is 2. The molecule has 2 fully saturated rings. The predicted octanol–water partition coefficient (Wildman–Crippen LogP) is 1.71. The number of aromatic amines is 1. The Hall–Kier alpha value is -2.71. The number of aliphatic hydroxyl groups excluding tert-OH is 1. The second kappa shape index (κ2) is 8.09. The molecule has 31 heavy (non-hydrogen) atoms. The highest BCUT2D eigenvalue weighted by Crippen LogP contribution is 2.40. The van der Waals surface area contributed by atoms with E-state index in [1.54, 1.807) is 12.5 Å². The molecule has 2 saturated heterocycles. The van der Waals surface area contributed by atoms with E-state index in [0.29, 0.717) is 13.0 Å². The fourth-order valence-electron chi connectivity index (χ4n) is 5.45. The Labute approximate surface area is 181 Å². The molecule has 4 heterocycles. The van der Waals surface area contributed by atoms with Crippen LogP contribution in [0.15, 0.2) is 36.8 Å². The first-order valence-corrected chi connectivity index (χ1v) is 11.1. The molecule has 0 aliphatic carbocycles. The zero-order valence-electron chi connectivity index (χ0n) is 18.0. The molecule has 1 atom stereocenters. The molecule has 0 saturated carbocycles. The lowest BCUT2D eigenvalue weighted by Crippen LogP contribution is -2.54. The van der Waals surface area contributed by atoms with Crippen LogP contribution in [0.4, 0.5) is 0 Å². The van der Waals surface area contributed by atoms with E-state index in [0.717, 1.165) is 62.3 Å². The normalized spacial score (nSPS) is 21.7. The number of hydrogen-bond donors (Lipinski definition) is 2. The molecule has 1 amide bonds. The summed E-state index contributed by atoms with van der Waals surface area (Å²) < 4.78 is 1.94. The van der Waals surface area contributed by atoms with Crippen molar-refractivity contribution in [2.45, 2.75) is 38.3 Å². The van der Waals surface area contributed by atoms with Crippen LogP contribution in [0.25, 0.3) is 10.9 Å². The fraction of sp³-hybridized carbons (Fsp3) is 0.522. The van der Waals surface area contributed by atoms with Crippen molar-refractivity contribution in [2.75, 3.05) is 26.2 Å². The van der Waals surface area contributed by atoms with Crippen LogP contribution in [-0.2, 0) is 24.8 Å². The van der Waals surface area contributed by atoms with Crippen molar-refractivity contribution in [2.24, 2.45) is 12.5 Å². The van der Waals surface area contributed by atoms with Crippen LogP contribution >= 0.6 is 0 Å². The van der Waals surface area contributed by atoms with Gasteiger partial charge in [0.15, 0.2) is 0 Å². The molecule has 2 aliphatic heterocycles. The summed E-state index contributed by atoms with van der Waals surface area (Å²) in [5.41, 5.74) is 3.11. The van der Waals surface area contributed by atoms with Crippen LogP contribution in [0.5, 0.6) is 0 Å². The zero-order valence-corrected chi connectivity index (χ0v) is 18.0. The number of hydrogen-bond acceptors (Lipinski definition) is 5. The van der Waals surface area contributed by atoms with Gasteiger partial charge in [0.05, 0.1) is 30.1 Å². The fourth-order valence-corrected chi connectivity index (χ4v) is 5.45. The molecule has 3 aromatic rings. The SMILES string of the molecule is Cn1nc(CN2CC(O)CC3(CCN(C(=O)Cc4cnc[nH]4)CC3)C2)c2ccccc21. The Kier molecular flexibility index (Phi) is 5.27. The van der Waals surface area contributed by atoms with Crippen LogP contribution in [-0.4, -0.2) is 72.8 Å². The summed E-state index contributed by atoms with van der Waals surface area (Å²) in [6, 6.07) is 8.30. The maximum absolute atomic E-state index is 12.6. The monoisotopic (exact) mass is 422 g/mol. The Morgan fingerprint density at radius 1 is 1.29 bits per heavy atom.